The number of halogens is 1. The Morgan fingerprint density at radius 1 is 1.30 bits per heavy atom. The number of amides is 1. The summed E-state index contributed by atoms with van der Waals surface area (Å²) in [6, 6.07) is 7.94. The van der Waals surface area contributed by atoms with Crippen molar-refractivity contribution in [2.75, 3.05) is 5.32 Å². The average Bonchev–Trinajstić information content (AvgIpc) is 2.68. The van der Waals surface area contributed by atoms with Gasteiger partial charge in [0.2, 0.25) is 5.91 Å². The summed E-state index contributed by atoms with van der Waals surface area (Å²) in [7, 11) is 0. The van der Waals surface area contributed by atoms with Crippen LogP contribution >= 0.6 is 12.4 Å². The minimum Gasteiger partial charge on any atom is -0.508 e. The molecule has 110 valence electrons. The first-order valence-electron chi connectivity index (χ1n) is 7.04. The summed E-state index contributed by atoms with van der Waals surface area (Å²) in [6.07, 6.45) is 5.34. The molecule has 2 aliphatic heterocycles. The Hall–Kier alpha value is -1.26. The number of anilines is 1. The van der Waals surface area contributed by atoms with E-state index in [0.717, 1.165) is 12.8 Å². The first-order valence-corrected chi connectivity index (χ1v) is 7.04. The summed E-state index contributed by atoms with van der Waals surface area (Å²) in [5.74, 6) is 0.727. The molecular weight excluding hydrogens is 276 g/mol. The number of benzene rings is 1. The normalized spacial score (nSPS) is 27.7. The lowest BCUT2D eigenvalue weighted by molar-refractivity contribution is -0.117. The largest absolute Gasteiger partial charge is 0.508 e. The van der Waals surface area contributed by atoms with E-state index in [1.165, 1.54) is 12.8 Å². The highest BCUT2D eigenvalue weighted by Gasteiger charge is 2.34. The van der Waals surface area contributed by atoms with E-state index in [4.69, 9.17) is 0 Å². The van der Waals surface area contributed by atoms with Gasteiger partial charge in [0.05, 0.1) is 0 Å². The zero-order valence-corrected chi connectivity index (χ0v) is 12.2. The fraction of sp³-hybridized carbons (Fsp3) is 0.533. The molecule has 0 aromatic heterocycles. The molecule has 3 N–H and O–H groups in total. The first-order chi connectivity index (χ1) is 9.19. The van der Waals surface area contributed by atoms with Gasteiger partial charge in [-0.15, -0.1) is 12.4 Å². The Labute approximate surface area is 125 Å². The van der Waals surface area contributed by atoms with E-state index < -0.39 is 0 Å². The van der Waals surface area contributed by atoms with E-state index >= 15 is 0 Å². The number of rotatable bonds is 3. The predicted octanol–water partition coefficient (Wildman–Crippen LogP) is 2.67. The highest BCUT2D eigenvalue weighted by atomic mass is 35.5. The molecule has 0 radical (unpaired) electrons. The molecule has 0 saturated carbocycles. The maximum absolute atomic E-state index is 12.0. The maximum Gasteiger partial charge on any atom is 0.224 e. The van der Waals surface area contributed by atoms with E-state index in [0.29, 0.717) is 30.1 Å². The Kier molecular flexibility index (Phi) is 4.89. The van der Waals surface area contributed by atoms with Crippen LogP contribution in [0.1, 0.15) is 32.1 Å². The number of aromatic hydroxyl groups is 1. The molecule has 0 spiro atoms. The number of piperidine rings is 1. The molecule has 0 aliphatic carbocycles. The molecule has 2 heterocycles. The lowest BCUT2D eigenvalue weighted by Crippen LogP contribution is -2.39. The van der Waals surface area contributed by atoms with Gasteiger partial charge in [-0.2, -0.15) is 0 Å². The number of fused-ring (bicyclic) bond motifs is 2. The van der Waals surface area contributed by atoms with Crippen molar-refractivity contribution in [2.45, 2.75) is 44.2 Å². The van der Waals surface area contributed by atoms with Crippen LogP contribution in [0, 0.1) is 5.92 Å². The van der Waals surface area contributed by atoms with Crippen LogP contribution in [0.15, 0.2) is 24.3 Å². The van der Waals surface area contributed by atoms with Crippen molar-refractivity contribution >= 4 is 24.0 Å². The third-order valence-corrected chi connectivity index (χ3v) is 4.17. The molecular formula is C15H21ClN2O2. The fourth-order valence-corrected chi connectivity index (χ4v) is 3.40. The van der Waals surface area contributed by atoms with Crippen molar-refractivity contribution in [3.63, 3.8) is 0 Å². The van der Waals surface area contributed by atoms with E-state index in [2.05, 4.69) is 10.6 Å². The second-order valence-corrected chi connectivity index (χ2v) is 5.78. The molecule has 5 heteroatoms. The van der Waals surface area contributed by atoms with Crippen molar-refractivity contribution in [2.24, 2.45) is 5.92 Å². The molecule has 2 fully saturated rings. The van der Waals surface area contributed by atoms with Crippen LogP contribution in [-0.2, 0) is 4.79 Å². The molecule has 2 unspecified atom stereocenters. The number of hydrogen-bond acceptors (Lipinski definition) is 3. The van der Waals surface area contributed by atoms with Crippen molar-refractivity contribution in [1.82, 2.24) is 5.32 Å². The van der Waals surface area contributed by atoms with Crippen LogP contribution in [0.2, 0.25) is 0 Å². The summed E-state index contributed by atoms with van der Waals surface area (Å²) in [6.45, 7) is 0. The van der Waals surface area contributed by atoms with Gasteiger partial charge in [0, 0.05) is 30.3 Å². The fourth-order valence-electron chi connectivity index (χ4n) is 3.40. The molecule has 20 heavy (non-hydrogen) atoms. The standard InChI is InChI=1S/C15H20N2O2.ClH/c18-14-3-1-2-11(9-14)17-15(19)8-10-6-12-4-5-13(7-10)16-12;/h1-3,9-10,12-13,16,18H,4-8H2,(H,17,19);1H. The zero-order chi connectivity index (χ0) is 13.2. The van der Waals surface area contributed by atoms with Gasteiger partial charge >= 0.3 is 0 Å². The number of hydrogen-bond donors (Lipinski definition) is 3. The van der Waals surface area contributed by atoms with Crippen LogP contribution in [0.5, 0.6) is 5.75 Å². The van der Waals surface area contributed by atoms with Crippen molar-refractivity contribution in [3.8, 4) is 5.75 Å². The molecule has 2 aliphatic rings. The molecule has 1 aromatic rings. The van der Waals surface area contributed by atoms with Crippen molar-refractivity contribution in [3.05, 3.63) is 24.3 Å². The van der Waals surface area contributed by atoms with Gasteiger partial charge in [0.1, 0.15) is 5.75 Å². The van der Waals surface area contributed by atoms with E-state index in [1.807, 2.05) is 0 Å². The van der Waals surface area contributed by atoms with Gasteiger partial charge in [-0.25, -0.2) is 0 Å². The molecule has 4 nitrogen and oxygen atoms in total. The van der Waals surface area contributed by atoms with Crippen LogP contribution in [0.4, 0.5) is 5.69 Å². The minimum atomic E-state index is 0. The zero-order valence-electron chi connectivity index (χ0n) is 11.3. The number of phenolic OH excluding ortho intramolecular Hbond substituents is 1. The second-order valence-electron chi connectivity index (χ2n) is 5.78. The summed E-state index contributed by atoms with van der Waals surface area (Å²) in [5.41, 5.74) is 0.668. The highest BCUT2D eigenvalue weighted by Crippen LogP contribution is 2.32. The van der Waals surface area contributed by atoms with Gasteiger partial charge in [-0.1, -0.05) is 6.07 Å². The molecule has 2 bridgehead atoms. The molecule has 2 saturated heterocycles. The van der Waals surface area contributed by atoms with Crippen LogP contribution in [0.3, 0.4) is 0 Å². The second kappa shape index (κ2) is 6.46. The van der Waals surface area contributed by atoms with Gasteiger partial charge in [-0.05, 0) is 43.7 Å². The quantitative estimate of drug-likeness (QED) is 0.803. The topological polar surface area (TPSA) is 61.4 Å². The summed E-state index contributed by atoms with van der Waals surface area (Å²) >= 11 is 0. The Bertz CT molecular complexity index is 469. The summed E-state index contributed by atoms with van der Waals surface area (Å²) in [4.78, 5) is 12.0. The Morgan fingerprint density at radius 3 is 2.65 bits per heavy atom. The van der Waals surface area contributed by atoms with Gasteiger partial charge < -0.3 is 15.7 Å². The smallest absolute Gasteiger partial charge is 0.224 e. The summed E-state index contributed by atoms with van der Waals surface area (Å²) in [5, 5.41) is 15.8. The molecule has 3 rings (SSSR count). The van der Waals surface area contributed by atoms with Crippen molar-refractivity contribution < 1.29 is 9.90 Å². The van der Waals surface area contributed by atoms with Gasteiger partial charge in [0.25, 0.3) is 0 Å². The molecule has 1 amide bonds. The van der Waals surface area contributed by atoms with Gasteiger partial charge in [0.15, 0.2) is 0 Å². The number of carbonyl (C=O) groups is 1. The van der Waals surface area contributed by atoms with E-state index in [-0.39, 0.29) is 24.1 Å². The number of nitrogens with one attached hydrogen (secondary N) is 2. The lowest BCUT2D eigenvalue weighted by atomic mass is 9.89. The Balaban J connectivity index is 0.00000147. The van der Waals surface area contributed by atoms with Crippen LogP contribution in [-0.4, -0.2) is 23.1 Å². The Morgan fingerprint density at radius 2 is 2.00 bits per heavy atom. The maximum atomic E-state index is 12.0. The minimum absolute atomic E-state index is 0. The van der Waals surface area contributed by atoms with Crippen molar-refractivity contribution in [1.29, 1.82) is 0 Å². The van der Waals surface area contributed by atoms with E-state index in [9.17, 15) is 9.90 Å². The highest BCUT2D eigenvalue weighted by molar-refractivity contribution is 5.91. The monoisotopic (exact) mass is 296 g/mol. The molecule has 1 aromatic carbocycles. The average molecular weight is 297 g/mol. The third-order valence-electron chi connectivity index (χ3n) is 4.17. The van der Waals surface area contributed by atoms with Gasteiger partial charge in [-0.3, -0.25) is 4.79 Å². The van der Waals surface area contributed by atoms with E-state index in [1.54, 1.807) is 24.3 Å². The first kappa shape index (κ1) is 15.1. The number of phenols is 1. The predicted molar refractivity (Wildman–Crippen MR) is 81.3 cm³/mol. The summed E-state index contributed by atoms with van der Waals surface area (Å²) < 4.78 is 0. The van der Waals surface area contributed by atoms with Crippen LogP contribution in [0.25, 0.3) is 0 Å². The van der Waals surface area contributed by atoms with Crippen LogP contribution < -0.4 is 10.6 Å². The lowest BCUT2D eigenvalue weighted by Gasteiger charge is -2.28. The SMILES string of the molecule is Cl.O=C(CC1CC2CCC(C1)N2)Nc1cccc(O)c1. The molecule has 2 atom stereocenters. The number of carbonyl (C=O) groups excluding carboxylic acids is 1. The third kappa shape index (κ3) is 3.64.